The van der Waals surface area contributed by atoms with Gasteiger partial charge in [-0.15, -0.1) is 0 Å². The van der Waals surface area contributed by atoms with Gasteiger partial charge in [-0.1, -0.05) is 23.9 Å². The molecule has 0 radical (unpaired) electrons. The molecule has 0 amide bonds. The fraction of sp³-hybridized carbons (Fsp3) is 0.0909. The Kier molecular flexibility index (Phi) is 3.81. The van der Waals surface area contributed by atoms with Crippen molar-refractivity contribution in [2.45, 2.75) is 9.92 Å². The Morgan fingerprint density at radius 1 is 1.42 bits per heavy atom. The Balaban J connectivity index is 2.42. The molecule has 7 nitrogen and oxygen atoms in total. The smallest absolute Gasteiger partial charge is 0.320 e. The molecule has 0 aliphatic rings. The highest BCUT2D eigenvalue weighted by molar-refractivity contribution is 7.99. The third kappa shape index (κ3) is 2.91. The summed E-state index contributed by atoms with van der Waals surface area (Å²) in [6.07, 6.45) is 1.10. The predicted molar refractivity (Wildman–Crippen MR) is 70.2 cm³/mol. The minimum atomic E-state index is -0.544. The molecule has 1 aromatic heterocycles. The van der Waals surface area contributed by atoms with E-state index >= 15 is 0 Å². The first kappa shape index (κ1) is 13.1. The summed E-state index contributed by atoms with van der Waals surface area (Å²) in [6.45, 7) is 0. The number of hydrogen-bond donors (Lipinski definition) is 1. The number of para-hydroxylation sites is 1. The van der Waals surface area contributed by atoms with Crippen molar-refractivity contribution in [2.75, 3.05) is 12.8 Å². The second-order valence-electron chi connectivity index (χ2n) is 3.43. The van der Waals surface area contributed by atoms with Crippen molar-refractivity contribution in [3.8, 4) is 5.75 Å². The van der Waals surface area contributed by atoms with Crippen LogP contribution in [0.2, 0.25) is 0 Å². The summed E-state index contributed by atoms with van der Waals surface area (Å²) in [6, 6.07) is 7.16. The van der Waals surface area contributed by atoms with Gasteiger partial charge in [0.15, 0.2) is 5.03 Å². The number of aromatic nitrogens is 2. The van der Waals surface area contributed by atoms with Crippen molar-refractivity contribution in [2.24, 2.45) is 0 Å². The van der Waals surface area contributed by atoms with Crippen molar-refractivity contribution in [3.05, 3.63) is 40.6 Å². The maximum Gasteiger partial charge on any atom is 0.320 e. The summed E-state index contributed by atoms with van der Waals surface area (Å²) in [4.78, 5) is 18.6. The molecule has 0 fully saturated rings. The lowest BCUT2D eigenvalue weighted by molar-refractivity contribution is -0.388. The number of benzene rings is 1. The number of nitrogens with two attached hydrogens (primary N) is 1. The van der Waals surface area contributed by atoms with Crippen molar-refractivity contribution < 1.29 is 9.66 Å². The maximum absolute atomic E-state index is 10.9. The quantitative estimate of drug-likeness (QED) is 0.519. The van der Waals surface area contributed by atoms with Gasteiger partial charge < -0.3 is 10.5 Å². The molecule has 0 unspecified atom stereocenters. The van der Waals surface area contributed by atoms with Crippen LogP contribution in [0.1, 0.15) is 0 Å². The standard InChI is InChI=1S/C11H10N4O3S/c1-18-8-4-2-3-5-9(8)19-10-7(15(16)17)6-13-11(12)14-10/h2-6H,1H3,(H2,12,13,14). The van der Waals surface area contributed by atoms with E-state index in [4.69, 9.17) is 10.5 Å². The molecule has 0 spiro atoms. The Morgan fingerprint density at radius 2 is 2.16 bits per heavy atom. The number of methoxy groups -OCH3 is 1. The monoisotopic (exact) mass is 278 g/mol. The van der Waals surface area contributed by atoms with Crippen molar-refractivity contribution in [1.82, 2.24) is 9.97 Å². The fourth-order valence-electron chi connectivity index (χ4n) is 1.38. The second kappa shape index (κ2) is 5.53. The number of anilines is 1. The van der Waals surface area contributed by atoms with Gasteiger partial charge in [0.05, 0.1) is 16.9 Å². The number of hydrogen-bond acceptors (Lipinski definition) is 7. The molecule has 0 aliphatic carbocycles. The van der Waals surface area contributed by atoms with E-state index in [9.17, 15) is 10.1 Å². The fourth-order valence-corrected chi connectivity index (χ4v) is 2.36. The lowest BCUT2D eigenvalue weighted by atomic mass is 10.3. The molecule has 98 valence electrons. The molecule has 2 rings (SSSR count). The molecule has 2 N–H and O–H groups in total. The molecular formula is C11H10N4O3S. The first-order chi connectivity index (χ1) is 9.11. The number of ether oxygens (including phenoxy) is 1. The van der Waals surface area contributed by atoms with E-state index < -0.39 is 4.92 Å². The molecule has 19 heavy (non-hydrogen) atoms. The van der Waals surface area contributed by atoms with E-state index in [1.165, 1.54) is 7.11 Å². The zero-order valence-electron chi connectivity index (χ0n) is 9.94. The third-order valence-electron chi connectivity index (χ3n) is 2.23. The zero-order chi connectivity index (χ0) is 13.8. The normalized spacial score (nSPS) is 10.2. The zero-order valence-corrected chi connectivity index (χ0v) is 10.8. The molecule has 0 bridgehead atoms. The van der Waals surface area contributed by atoms with Crippen LogP contribution in [0.5, 0.6) is 5.75 Å². The van der Waals surface area contributed by atoms with E-state index in [1.54, 1.807) is 18.2 Å². The molecular weight excluding hydrogens is 268 g/mol. The van der Waals surface area contributed by atoms with E-state index in [1.807, 2.05) is 6.07 Å². The highest BCUT2D eigenvalue weighted by atomic mass is 32.2. The number of rotatable bonds is 4. The Labute approximate surface area is 113 Å². The average molecular weight is 278 g/mol. The minimum absolute atomic E-state index is 0.0111. The molecule has 0 atom stereocenters. The summed E-state index contributed by atoms with van der Waals surface area (Å²) in [5, 5.41) is 11.1. The molecule has 1 heterocycles. The minimum Gasteiger partial charge on any atom is -0.496 e. The summed E-state index contributed by atoms with van der Waals surface area (Å²) < 4.78 is 5.18. The average Bonchev–Trinajstić information content (AvgIpc) is 2.39. The van der Waals surface area contributed by atoms with Crippen molar-refractivity contribution >= 4 is 23.4 Å². The summed E-state index contributed by atoms with van der Waals surface area (Å²) in [5.41, 5.74) is 5.27. The summed E-state index contributed by atoms with van der Waals surface area (Å²) >= 11 is 1.11. The summed E-state index contributed by atoms with van der Waals surface area (Å²) in [7, 11) is 1.53. The van der Waals surface area contributed by atoms with Gasteiger partial charge in [-0.2, -0.15) is 4.98 Å². The topological polar surface area (TPSA) is 104 Å². The number of nitro groups is 1. The third-order valence-corrected chi connectivity index (χ3v) is 3.28. The van der Waals surface area contributed by atoms with Crippen LogP contribution >= 0.6 is 11.8 Å². The van der Waals surface area contributed by atoms with Crippen LogP contribution < -0.4 is 10.5 Å². The molecule has 0 saturated carbocycles. The van der Waals surface area contributed by atoms with Crippen LogP contribution in [0.25, 0.3) is 0 Å². The van der Waals surface area contributed by atoms with Crippen LogP contribution in [0, 0.1) is 10.1 Å². The van der Waals surface area contributed by atoms with Gasteiger partial charge in [0.1, 0.15) is 11.9 Å². The maximum atomic E-state index is 10.9. The first-order valence-electron chi connectivity index (χ1n) is 5.19. The van der Waals surface area contributed by atoms with Crippen molar-refractivity contribution in [1.29, 1.82) is 0 Å². The second-order valence-corrected chi connectivity index (χ2v) is 4.46. The van der Waals surface area contributed by atoms with Crippen LogP contribution in [-0.4, -0.2) is 22.0 Å². The Morgan fingerprint density at radius 3 is 2.84 bits per heavy atom. The number of nitrogen functional groups attached to an aromatic ring is 1. The van der Waals surface area contributed by atoms with E-state index in [2.05, 4.69) is 9.97 Å². The number of nitrogens with zero attached hydrogens (tertiary/aromatic N) is 3. The van der Waals surface area contributed by atoms with Gasteiger partial charge in [-0.3, -0.25) is 10.1 Å². The Hall–Kier alpha value is -2.35. The molecule has 0 saturated heterocycles. The molecule has 2 aromatic rings. The lowest BCUT2D eigenvalue weighted by Gasteiger charge is -2.07. The molecule has 0 aliphatic heterocycles. The van der Waals surface area contributed by atoms with E-state index in [-0.39, 0.29) is 16.7 Å². The van der Waals surface area contributed by atoms with Gasteiger partial charge in [-0.25, -0.2) is 4.98 Å². The van der Waals surface area contributed by atoms with E-state index in [0.717, 1.165) is 18.0 Å². The summed E-state index contributed by atoms with van der Waals surface area (Å²) in [5.74, 6) is 0.599. The van der Waals surface area contributed by atoms with Gasteiger partial charge >= 0.3 is 5.69 Å². The lowest BCUT2D eigenvalue weighted by Crippen LogP contribution is -2.00. The highest BCUT2D eigenvalue weighted by Crippen LogP contribution is 2.37. The van der Waals surface area contributed by atoms with Crippen LogP contribution in [0.15, 0.2) is 40.4 Å². The van der Waals surface area contributed by atoms with Gasteiger partial charge in [0.2, 0.25) is 5.95 Å². The van der Waals surface area contributed by atoms with Crippen LogP contribution in [0.4, 0.5) is 11.6 Å². The van der Waals surface area contributed by atoms with Gasteiger partial charge in [0, 0.05) is 0 Å². The van der Waals surface area contributed by atoms with Crippen LogP contribution in [0.3, 0.4) is 0 Å². The largest absolute Gasteiger partial charge is 0.496 e. The SMILES string of the molecule is COc1ccccc1Sc1nc(N)ncc1[N+](=O)[O-]. The molecule has 1 aromatic carbocycles. The molecule has 8 heteroatoms. The first-order valence-corrected chi connectivity index (χ1v) is 6.01. The highest BCUT2D eigenvalue weighted by Gasteiger charge is 2.19. The van der Waals surface area contributed by atoms with Crippen LogP contribution in [-0.2, 0) is 0 Å². The van der Waals surface area contributed by atoms with E-state index in [0.29, 0.717) is 10.6 Å². The predicted octanol–water partition coefficient (Wildman–Crippen LogP) is 2.13. The van der Waals surface area contributed by atoms with Crippen molar-refractivity contribution in [3.63, 3.8) is 0 Å². The van der Waals surface area contributed by atoms with Gasteiger partial charge in [0.25, 0.3) is 0 Å². The van der Waals surface area contributed by atoms with Gasteiger partial charge in [-0.05, 0) is 12.1 Å². The Bertz CT molecular complexity index is 621.